The summed E-state index contributed by atoms with van der Waals surface area (Å²) in [6.07, 6.45) is -0.556. The third-order valence-electron chi connectivity index (χ3n) is 7.60. The Kier molecular flexibility index (Phi) is 8.95. The fraction of sp³-hybridized carbons (Fsp3) is 0.355. The van der Waals surface area contributed by atoms with Gasteiger partial charge in [0.05, 0.1) is 16.0 Å². The monoisotopic (exact) mass is 594 g/mol. The predicted molar refractivity (Wildman–Crippen MR) is 160 cm³/mol. The maximum Gasteiger partial charge on any atom is 0.416 e. The first-order valence-electron chi connectivity index (χ1n) is 14.1. The summed E-state index contributed by atoms with van der Waals surface area (Å²) in [5.41, 5.74) is 0.578. The molecule has 0 aliphatic heterocycles. The molecule has 43 heavy (non-hydrogen) atoms. The van der Waals surface area contributed by atoms with Crippen molar-refractivity contribution in [1.29, 1.82) is 0 Å². The standard InChI is InChI=1S/C31H33F3N6O3/c1-39(2)29-26-5-3-4-6-27(26)37-30(38-29)36-23-11-7-20(8-12-23)18-35-19-21-17-24(40(41)42)13-16-28(21)43-25-14-9-22(10-15-25)31(32,33)34/h3-6,9-10,13-17,20,23,35H,7-8,11-12,18-19H2,1-2H3,(H,36,37,38). The molecule has 2 N–H and O–H groups in total. The summed E-state index contributed by atoms with van der Waals surface area (Å²) in [6, 6.07) is 16.8. The van der Waals surface area contributed by atoms with Crippen molar-refractivity contribution in [3.63, 3.8) is 0 Å². The SMILES string of the molecule is CN(C)c1nc(NC2CCC(CNCc3cc([N+](=O)[O-])ccc3Oc3ccc(C(F)(F)F)cc3)CC2)nc2ccccc12. The number of non-ortho nitro benzene ring substituents is 1. The number of fused-ring (bicyclic) bond motifs is 1. The van der Waals surface area contributed by atoms with E-state index in [0.29, 0.717) is 36.3 Å². The summed E-state index contributed by atoms with van der Waals surface area (Å²) >= 11 is 0. The number of nitrogens with one attached hydrogen (secondary N) is 2. The summed E-state index contributed by atoms with van der Waals surface area (Å²) in [7, 11) is 3.93. The summed E-state index contributed by atoms with van der Waals surface area (Å²) in [6.45, 7) is 1.03. The maximum atomic E-state index is 12.9. The molecular weight excluding hydrogens is 561 g/mol. The minimum atomic E-state index is -4.45. The number of nitro groups is 1. The zero-order chi connectivity index (χ0) is 30.6. The Hall–Kier alpha value is -4.45. The van der Waals surface area contributed by atoms with E-state index in [1.165, 1.54) is 30.3 Å². The highest BCUT2D eigenvalue weighted by atomic mass is 19.4. The quantitative estimate of drug-likeness (QED) is 0.147. The Morgan fingerprint density at radius 1 is 1.00 bits per heavy atom. The van der Waals surface area contributed by atoms with E-state index >= 15 is 0 Å². The fourth-order valence-electron chi connectivity index (χ4n) is 5.33. The Labute approximate surface area is 247 Å². The van der Waals surface area contributed by atoms with E-state index < -0.39 is 16.7 Å². The topological polar surface area (TPSA) is 105 Å². The molecule has 1 saturated carbocycles. The van der Waals surface area contributed by atoms with Gasteiger partial charge in [-0.1, -0.05) is 12.1 Å². The number of alkyl halides is 3. The van der Waals surface area contributed by atoms with Crippen LogP contribution >= 0.6 is 0 Å². The molecule has 5 rings (SSSR count). The number of nitrogens with zero attached hydrogens (tertiary/aromatic N) is 4. The molecule has 9 nitrogen and oxygen atoms in total. The van der Waals surface area contributed by atoms with Gasteiger partial charge in [0, 0.05) is 49.8 Å². The van der Waals surface area contributed by atoms with Gasteiger partial charge < -0.3 is 20.3 Å². The minimum Gasteiger partial charge on any atom is -0.457 e. The van der Waals surface area contributed by atoms with E-state index in [1.54, 1.807) is 0 Å². The van der Waals surface area contributed by atoms with Crippen molar-refractivity contribution in [2.75, 3.05) is 30.9 Å². The van der Waals surface area contributed by atoms with Crippen molar-refractivity contribution < 1.29 is 22.8 Å². The average molecular weight is 595 g/mol. The summed E-state index contributed by atoms with van der Waals surface area (Å²) < 4.78 is 44.6. The zero-order valence-electron chi connectivity index (χ0n) is 23.9. The lowest BCUT2D eigenvalue weighted by Gasteiger charge is -2.29. The first kappa shape index (κ1) is 30.0. The number of ether oxygens (including phenoxy) is 1. The number of hydrogen-bond acceptors (Lipinski definition) is 8. The lowest BCUT2D eigenvalue weighted by molar-refractivity contribution is -0.384. The van der Waals surface area contributed by atoms with Gasteiger partial charge >= 0.3 is 6.18 Å². The Morgan fingerprint density at radius 2 is 1.72 bits per heavy atom. The molecule has 12 heteroatoms. The second kappa shape index (κ2) is 12.8. The van der Waals surface area contributed by atoms with Crippen LogP contribution in [0.15, 0.2) is 66.7 Å². The second-order valence-corrected chi connectivity index (χ2v) is 10.9. The van der Waals surface area contributed by atoms with Gasteiger partial charge in [-0.3, -0.25) is 10.1 Å². The van der Waals surface area contributed by atoms with Crippen LogP contribution in [0.3, 0.4) is 0 Å². The number of para-hydroxylation sites is 1. The molecule has 0 radical (unpaired) electrons. The number of nitro benzene ring substituents is 1. The van der Waals surface area contributed by atoms with Gasteiger partial charge in [-0.05, 0) is 80.6 Å². The van der Waals surface area contributed by atoms with E-state index in [1.807, 2.05) is 43.3 Å². The second-order valence-electron chi connectivity index (χ2n) is 10.9. The molecular formula is C31H33F3N6O3. The average Bonchev–Trinajstić information content (AvgIpc) is 2.98. The molecule has 1 aliphatic rings. The molecule has 0 spiro atoms. The van der Waals surface area contributed by atoms with Crippen molar-refractivity contribution in [1.82, 2.24) is 15.3 Å². The number of benzene rings is 3. The number of aromatic nitrogens is 2. The molecule has 1 heterocycles. The highest BCUT2D eigenvalue weighted by Crippen LogP contribution is 2.34. The molecule has 0 amide bonds. The van der Waals surface area contributed by atoms with Gasteiger partial charge in [0.25, 0.3) is 5.69 Å². The van der Waals surface area contributed by atoms with Gasteiger partial charge in [0.1, 0.15) is 17.3 Å². The lowest BCUT2D eigenvalue weighted by Crippen LogP contribution is -2.31. The van der Waals surface area contributed by atoms with E-state index in [-0.39, 0.29) is 17.5 Å². The number of hydrogen-bond donors (Lipinski definition) is 2. The van der Waals surface area contributed by atoms with Crippen LogP contribution in [-0.2, 0) is 12.7 Å². The summed E-state index contributed by atoms with van der Waals surface area (Å²) in [5, 5.41) is 19.3. The number of halogens is 3. The molecule has 0 bridgehead atoms. The molecule has 4 aromatic rings. The van der Waals surface area contributed by atoms with Crippen LogP contribution in [0, 0.1) is 16.0 Å². The Morgan fingerprint density at radius 3 is 2.40 bits per heavy atom. The normalized spacial score (nSPS) is 17.0. The van der Waals surface area contributed by atoms with Crippen molar-refractivity contribution in [2.45, 2.75) is 44.4 Å². The number of rotatable bonds is 10. The van der Waals surface area contributed by atoms with Gasteiger partial charge in [0.15, 0.2) is 0 Å². The van der Waals surface area contributed by atoms with E-state index in [2.05, 4.69) is 10.6 Å². The van der Waals surface area contributed by atoms with E-state index in [0.717, 1.165) is 54.5 Å². The molecule has 0 saturated heterocycles. The first-order chi connectivity index (χ1) is 20.6. The van der Waals surface area contributed by atoms with E-state index in [9.17, 15) is 23.3 Å². The highest BCUT2D eigenvalue weighted by molar-refractivity contribution is 5.90. The van der Waals surface area contributed by atoms with Crippen LogP contribution in [-0.4, -0.2) is 41.6 Å². The Bertz CT molecular complexity index is 1570. The van der Waals surface area contributed by atoms with Gasteiger partial charge in [-0.2, -0.15) is 18.2 Å². The largest absolute Gasteiger partial charge is 0.457 e. The van der Waals surface area contributed by atoms with Gasteiger partial charge in [-0.25, -0.2) is 4.98 Å². The highest BCUT2D eigenvalue weighted by Gasteiger charge is 2.30. The third-order valence-corrected chi connectivity index (χ3v) is 7.60. The van der Waals surface area contributed by atoms with Crippen LogP contribution in [0.2, 0.25) is 0 Å². The van der Waals surface area contributed by atoms with Crippen molar-refractivity contribution in [3.05, 3.63) is 88.0 Å². The van der Waals surface area contributed by atoms with E-state index in [4.69, 9.17) is 14.7 Å². The van der Waals surface area contributed by atoms with Crippen molar-refractivity contribution in [3.8, 4) is 11.5 Å². The molecule has 1 fully saturated rings. The molecule has 1 aromatic heterocycles. The van der Waals surface area contributed by atoms with Crippen molar-refractivity contribution >= 4 is 28.4 Å². The maximum absolute atomic E-state index is 12.9. The first-order valence-corrected chi connectivity index (χ1v) is 14.1. The molecule has 226 valence electrons. The van der Waals surface area contributed by atoms with Crippen LogP contribution < -0.4 is 20.3 Å². The van der Waals surface area contributed by atoms with Crippen LogP contribution in [0.4, 0.5) is 30.6 Å². The van der Waals surface area contributed by atoms with Crippen molar-refractivity contribution in [2.24, 2.45) is 5.92 Å². The lowest BCUT2D eigenvalue weighted by atomic mass is 9.86. The Balaban J connectivity index is 1.17. The summed E-state index contributed by atoms with van der Waals surface area (Å²) in [4.78, 5) is 22.3. The number of anilines is 2. The van der Waals surface area contributed by atoms with Crippen LogP contribution in [0.1, 0.15) is 36.8 Å². The third kappa shape index (κ3) is 7.50. The van der Waals surface area contributed by atoms with Crippen LogP contribution in [0.5, 0.6) is 11.5 Å². The van der Waals surface area contributed by atoms with Gasteiger partial charge in [-0.15, -0.1) is 0 Å². The summed E-state index contributed by atoms with van der Waals surface area (Å²) in [5.74, 6) is 2.47. The van der Waals surface area contributed by atoms with Crippen LogP contribution in [0.25, 0.3) is 10.9 Å². The molecule has 3 aromatic carbocycles. The molecule has 0 atom stereocenters. The van der Waals surface area contributed by atoms with Gasteiger partial charge in [0.2, 0.25) is 5.95 Å². The molecule has 1 aliphatic carbocycles. The fourth-order valence-corrected chi connectivity index (χ4v) is 5.33. The minimum absolute atomic E-state index is 0.0866. The predicted octanol–water partition coefficient (Wildman–Crippen LogP) is 7.18. The zero-order valence-corrected chi connectivity index (χ0v) is 23.9. The molecule has 0 unspecified atom stereocenters. The smallest absolute Gasteiger partial charge is 0.416 e.